The van der Waals surface area contributed by atoms with Gasteiger partial charge in [-0.15, -0.1) is 0 Å². The zero-order valence-corrected chi connectivity index (χ0v) is 12.4. The third kappa shape index (κ3) is 3.99. The summed E-state index contributed by atoms with van der Waals surface area (Å²) in [4.78, 5) is 0. The first kappa shape index (κ1) is 13.9. The number of para-hydroxylation sites is 1. The molecule has 0 spiro atoms. The van der Waals surface area contributed by atoms with Gasteiger partial charge in [-0.05, 0) is 50.2 Å². The molecule has 0 amide bonds. The van der Waals surface area contributed by atoms with Crippen molar-refractivity contribution in [1.82, 2.24) is 0 Å². The molecule has 1 aromatic carbocycles. The van der Waals surface area contributed by atoms with Crippen LogP contribution in [0, 0.1) is 5.92 Å². The summed E-state index contributed by atoms with van der Waals surface area (Å²) >= 11 is 0. The number of benzene rings is 1. The Morgan fingerprint density at radius 3 is 3.00 bits per heavy atom. The molecule has 0 saturated heterocycles. The molecule has 1 aromatic rings. The quantitative estimate of drug-likeness (QED) is 0.726. The number of hydrogen-bond donors (Lipinski definition) is 1. The van der Waals surface area contributed by atoms with Gasteiger partial charge >= 0.3 is 0 Å². The average Bonchev–Trinajstić information content (AvgIpc) is 2.84. The fourth-order valence-electron chi connectivity index (χ4n) is 2.50. The second-order valence-electron chi connectivity index (χ2n) is 5.75. The Kier molecular flexibility index (Phi) is 4.84. The first-order valence-electron chi connectivity index (χ1n) is 7.34. The second-order valence-corrected chi connectivity index (χ2v) is 5.75. The summed E-state index contributed by atoms with van der Waals surface area (Å²) in [7, 11) is 0. The molecule has 0 radical (unpaired) electrons. The van der Waals surface area contributed by atoms with Crippen molar-refractivity contribution >= 4 is 11.8 Å². The molecule has 1 nitrogen and oxygen atoms in total. The predicted octanol–water partition coefficient (Wildman–Crippen LogP) is 5.05. The lowest BCUT2D eigenvalue weighted by Gasteiger charge is -2.07. The van der Waals surface area contributed by atoms with Crippen molar-refractivity contribution in [1.29, 1.82) is 0 Å². The van der Waals surface area contributed by atoms with Crippen molar-refractivity contribution in [2.24, 2.45) is 5.92 Å². The van der Waals surface area contributed by atoms with Crippen molar-refractivity contribution in [3.8, 4) is 0 Å². The van der Waals surface area contributed by atoms with Gasteiger partial charge in [-0.25, -0.2) is 0 Å². The van der Waals surface area contributed by atoms with Gasteiger partial charge in [0.1, 0.15) is 0 Å². The van der Waals surface area contributed by atoms with E-state index in [1.807, 2.05) is 0 Å². The van der Waals surface area contributed by atoms with Crippen LogP contribution in [0.25, 0.3) is 6.08 Å². The molecule has 0 saturated carbocycles. The molecule has 102 valence electrons. The van der Waals surface area contributed by atoms with E-state index >= 15 is 0 Å². The van der Waals surface area contributed by atoms with Gasteiger partial charge in [0.2, 0.25) is 0 Å². The van der Waals surface area contributed by atoms with Crippen LogP contribution in [-0.4, -0.2) is 6.54 Å². The van der Waals surface area contributed by atoms with Gasteiger partial charge < -0.3 is 5.32 Å². The summed E-state index contributed by atoms with van der Waals surface area (Å²) < 4.78 is 0. The van der Waals surface area contributed by atoms with Crippen LogP contribution in [0.5, 0.6) is 0 Å². The van der Waals surface area contributed by atoms with Crippen molar-refractivity contribution in [2.45, 2.75) is 40.0 Å². The summed E-state index contributed by atoms with van der Waals surface area (Å²) in [5.74, 6) is 0.632. The summed E-state index contributed by atoms with van der Waals surface area (Å²) in [5, 5.41) is 3.49. The minimum absolute atomic E-state index is 0.632. The molecule has 0 fully saturated rings. The summed E-state index contributed by atoms with van der Waals surface area (Å²) in [6, 6.07) is 6.60. The van der Waals surface area contributed by atoms with Gasteiger partial charge in [0, 0.05) is 12.2 Å². The fraction of sp³-hybridized carbons (Fsp3) is 0.444. The molecule has 1 atom stereocenters. The first-order chi connectivity index (χ1) is 9.16. The number of anilines is 1. The van der Waals surface area contributed by atoms with Crippen LogP contribution in [0.1, 0.15) is 44.7 Å². The van der Waals surface area contributed by atoms with Gasteiger partial charge in [-0.1, -0.05) is 48.9 Å². The molecule has 19 heavy (non-hydrogen) atoms. The third-order valence-corrected chi connectivity index (χ3v) is 3.66. The molecular weight excluding hydrogens is 230 g/mol. The normalized spacial score (nSPS) is 15.1. The smallest absolute Gasteiger partial charge is 0.0447 e. The number of hydrogen-bond acceptors (Lipinski definition) is 1. The Morgan fingerprint density at radius 2 is 2.21 bits per heavy atom. The van der Waals surface area contributed by atoms with Crippen LogP contribution >= 0.6 is 0 Å². The highest BCUT2D eigenvalue weighted by Crippen LogP contribution is 2.27. The van der Waals surface area contributed by atoms with Crippen molar-refractivity contribution in [3.63, 3.8) is 0 Å². The van der Waals surface area contributed by atoms with Crippen LogP contribution in [0.3, 0.4) is 0 Å². The van der Waals surface area contributed by atoms with Crippen LogP contribution < -0.4 is 5.32 Å². The monoisotopic (exact) mass is 255 g/mol. The van der Waals surface area contributed by atoms with Crippen molar-refractivity contribution in [2.75, 3.05) is 11.9 Å². The summed E-state index contributed by atoms with van der Waals surface area (Å²) in [6.07, 6.45) is 10.5. The lowest BCUT2D eigenvalue weighted by molar-refractivity contribution is 0.659. The number of allylic oxidation sites excluding steroid dienone is 3. The van der Waals surface area contributed by atoms with E-state index in [1.54, 1.807) is 0 Å². The lowest BCUT2D eigenvalue weighted by atomic mass is 10.0. The van der Waals surface area contributed by atoms with E-state index in [9.17, 15) is 0 Å². The average molecular weight is 255 g/mol. The van der Waals surface area contributed by atoms with Gasteiger partial charge in [0.15, 0.2) is 0 Å². The number of fused-ring (bicyclic) bond motifs is 1. The predicted molar refractivity (Wildman–Crippen MR) is 85.5 cm³/mol. The Balaban J connectivity index is 1.95. The van der Waals surface area contributed by atoms with E-state index in [4.69, 9.17) is 0 Å². The SMILES string of the molecule is CC(C)=CCC[C@@H](C)C=Cc1cccc2c1NCC2. The maximum Gasteiger partial charge on any atom is 0.0447 e. The van der Waals surface area contributed by atoms with Gasteiger partial charge in [-0.3, -0.25) is 0 Å². The Bertz CT molecular complexity index is 478. The maximum atomic E-state index is 3.49. The minimum atomic E-state index is 0.632. The highest BCUT2D eigenvalue weighted by molar-refractivity contribution is 5.72. The van der Waals surface area contributed by atoms with Crippen LogP contribution in [0.4, 0.5) is 5.69 Å². The third-order valence-electron chi connectivity index (χ3n) is 3.66. The van der Waals surface area contributed by atoms with E-state index in [1.165, 1.54) is 35.2 Å². The molecule has 0 bridgehead atoms. The Hall–Kier alpha value is -1.50. The van der Waals surface area contributed by atoms with Crippen LogP contribution in [0.2, 0.25) is 0 Å². The molecule has 1 aliphatic heterocycles. The molecule has 1 aliphatic rings. The van der Waals surface area contributed by atoms with Gasteiger partial charge in [0.05, 0.1) is 0 Å². The van der Waals surface area contributed by atoms with Crippen molar-refractivity contribution < 1.29 is 0 Å². The van der Waals surface area contributed by atoms with E-state index in [-0.39, 0.29) is 0 Å². The number of nitrogens with one attached hydrogen (secondary N) is 1. The molecule has 1 heteroatoms. The molecular formula is C18H25N. The summed E-state index contributed by atoms with van der Waals surface area (Å²) in [5.41, 5.74) is 5.56. The van der Waals surface area contributed by atoms with Crippen molar-refractivity contribution in [3.05, 3.63) is 47.1 Å². The largest absolute Gasteiger partial charge is 0.384 e. The van der Waals surface area contributed by atoms with Gasteiger partial charge in [0.25, 0.3) is 0 Å². The van der Waals surface area contributed by atoms with E-state index in [2.05, 4.69) is 62.5 Å². The Labute approximate surface area is 117 Å². The summed E-state index contributed by atoms with van der Waals surface area (Å²) in [6.45, 7) is 7.71. The molecule has 0 unspecified atom stereocenters. The van der Waals surface area contributed by atoms with E-state index in [0.29, 0.717) is 5.92 Å². The second kappa shape index (κ2) is 6.60. The van der Waals surface area contributed by atoms with E-state index < -0.39 is 0 Å². The molecule has 1 N–H and O–H groups in total. The van der Waals surface area contributed by atoms with Crippen LogP contribution in [0.15, 0.2) is 35.9 Å². The standard InChI is InChI=1S/C18H25N/c1-14(2)6-4-7-15(3)10-11-16-8-5-9-17-12-13-19-18(16)17/h5-6,8-11,15,19H,4,7,12-13H2,1-3H3/t15-/m1/s1. The van der Waals surface area contributed by atoms with Gasteiger partial charge in [-0.2, -0.15) is 0 Å². The zero-order chi connectivity index (χ0) is 13.7. The first-order valence-corrected chi connectivity index (χ1v) is 7.34. The topological polar surface area (TPSA) is 12.0 Å². The lowest BCUT2D eigenvalue weighted by Crippen LogP contribution is -1.93. The molecule has 0 aliphatic carbocycles. The van der Waals surface area contributed by atoms with E-state index in [0.717, 1.165) is 13.0 Å². The molecule has 2 rings (SSSR count). The van der Waals surface area contributed by atoms with Crippen LogP contribution in [-0.2, 0) is 6.42 Å². The molecule has 0 aromatic heterocycles. The molecule has 1 heterocycles. The highest BCUT2D eigenvalue weighted by Gasteiger charge is 2.11. The minimum Gasteiger partial charge on any atom is -0.384 e. The fourth-order valence-corrected chi connectivity index (χ4v) is 2.50. The zero-order valence-electron chi connectivity index (χ0n) is 12.4. The Morgan fingerprint density at radius 1 is 1.37 bits per heavy atom. The highest BCUT2D eigenvalue weighted by atomic mass is 14.9. The maximum absolute atomic E-state index is 3.49. The number of rotatable bonds is 5.